The predicted molar refractivity (Wildman–Crippen MR) is 152 cm³/mol. The smallest absolute Gasteiger partial charge is 0.340 e. The first-order valence-corrected chi connectivity index (χ1v) is 13.1. The number of allylic oxidation sites excluding steroid dienone is 2. The topological polar surface area (TPSA) is 142 Å². The number of amides is 3. The van der Waals surface area contributed by atoms with Crippen molar-refractivity contribution in [3.63, 3.8) is 0 Å². The Hall–Kier alpha value is -5.06. The van der Waals surface area contributed by atoms with E-state index in [9.17, 15) is 28.9 Å². The minimum atomic E-state index is -2.21. The summed E-state index contributed by atoms with van der Waals surface area (Å²) >= 11 is 0. The van der Waals surface area contributed by atoms with Crippen molar-refractivity contribution >= 4 is 40.5 Å². The predicted octanol–water partition coefficient (Wildman–Crippen LogP) is 5.94. The Balaban J connectivity index is 1.54. The van der Waals surface area contributed by atoms with Crippen molar-refractivity contribution in [1.29, 1.82) is 0 Å². The third-order valence-electron chi connectivity index (χ3n) is 6.66. The first-order chi connectivity index (χ1) is 19.7. The molecule has 0 spiro atoms. The Labute approximate surface area is 235 Å². The third kappa shape index (κ3) is 7.75. The number of anilines is 2. The van der Waals surface area contributed by atoms with Crippen molar-refractivity contribution in [1.82, 2.24) is 5.32 Å². The summed E-state index contributed by atoms with van der Waals surface area (Å²) in [4.78, 5) is 48.5. The summed E-state index contributed by atoms with van der Waals surface area (Å²) in [6.45, 7) is -0.551. The van der Waals surface area contributed by atoms with Crippen molar-refractivity contribution in [2.45, 2.75) is 38.4 Å². The molecular formula is C30H29FN4O6. The minimum absolute atomic E-state index is 0.107. The van der Waals surface area contributed by atoms with Gasteiger partial charge in [0, 0.05) is 29.1 Å². The summed E-state index contributed by atoms with van der Waals surface area (Å²) in [5.41, 5.74) is 3.92. The van der Waals surface area contributed by atoms with Gasteiger partial charge in [0.2, 0.25) is 6.17 Å². The highest BCUT2D eigenvalue weighted by Crippen LogP contribution is 2.29. The van der Waals surface area contributed by atoms with Gasteiger partial charge in [-0.25, -0.2) is 14.0 Å². The molecule has 4 rings (SSSR count). The molecule has 1 atom stereocenters. The van der Waals surface area contributed by atoms with Gasteiger partial charge in [-0.05, 0) is 72.7 Å². The fraction of sp³-hybridized carbons (Fsp3) is 0.233. The largest absolute Gasteiger partial charge is 0.479 e. The zero-order valence-corrected chi connectivity index (χ0v) is 22.1. The Morgan fingerprint density at radius 1 is 1.02 bits per heavy atom. The molecule has 3 aromatic rings. The van der Waals surface area contributed by atoms with Crippen LogP contribution in [0.5, 0.6) is 0 Å². The zero-order valence-electron chi connectivity index (χ0n) is 22.1. The number of carboxylic acid groups (broad SMARTS) is 1. The van der Waals surface area contributed by atoms with E-state index in [1.807, 2.05) is 24.3 Å². The number of carboxylic acids is 1. The quantitative estimate of drug-likeness (QED) is 0.207. The molecule has 10 nitrogen and oxygen atoms in total. The monoisotopic (exact) mass is 560 g/mol. The van der Waals surface area contributed by atoms with Gasteiger partial charge in [-0.3, -0.25) is 19.8 Å². The van der Waals surface area contributed by atoms with Crippen LogP contribution in [-0.2, 0) is 11.3 Å². The summed E-state index contributed by atoms with van der Waals surface area (Å²) in [5, 5.41) is 24.8. The molecule has 41 heavy (non-hydrogen) atoms. The molecule has 0 radical (unpaired) electrons. The van der Waals surface area contributed by atoms with Gasteiger partial charge in [-0.1, -0.05) is 36.4 Å². The highest BCUT2D eigenvalue weighted by Gasteiger charge is 2.20. The standard InChI is InChI=1S/C30H29FN4O6/c31-27(29(37)38)18-32-28(36)23-11-9-20(10-12-23)19-34(30(39)33-24-7-4-8-26(17-24)35(40)41)25-15-13-22(14-16-25)21-5-2-1-3-6-21/h4-5,7-17,27H,1-3,6,18-19H2,(H,32,36)(H,33,39)(H,37,38). The number of halogens is 1. The van der Waals surface area contributed by atoms with Crippen LogP contribution in [0.2, 0.25) is 0 Å². The Morgan fingerprint density at radius 2 is 1.76 bits per heavy atom. The van der Waals surface area contributed by atoms with Gasteiger partial charge in [0.1, 0.15) is 0 Å². The summed E-state index contributed by atoms with van der Waals surface area (Å²) in [7, 11) is 0. The molecule has 1 aliphatic carbocycles. The average molecular weight is 561 g/mol. The lowest BCUT2D eigenvalue weighted by atomic mass is 9.93. The molecule has 0 bridgehead atoms. The first-order valence-electron chi connectivity index (χ1n) is 13.1. The number of nitrogens with one attached hydrogen (secondary N) is 2. The summed E-state index contributed by atoms with van der Waals surface area (Å²) in [6.07, 6.45) is 4.37. The molecule has 1 unspecified atom stereocenters. The van der Waals surface area contributed by atoms with E-state index >= 15 is 0 Å². The SMILES string of the molecule is O=C(NCC(F)C(=O)O)c1ccc(CN(C(=O)Nc2cccc([N+](=O)[O-])c2)c2ccc(C3=CCCCC3)cc2)cc1. The van der Waals surface area contributed by atoms with E-state index < -0.39 is 35.5 Å². The normalized spacial score (nSPS) is 13.4. The molecular weight excluding hydrogens is 531 g/mol. The Morgan fingerprint density at radius 3 is 2.39 bits per heavy atom. The Kier molecular flexibility index (Phi) is 9.41. The number of non-ortho nitro benzene ring substituents is 1. The van der Waals surface area contributed by atoms with Gasteiger partial charge in [-0.15, -0.1) is 0 Å². The number of carbonyl (C=O) groups excluding carboxylic acids is 2. The number of aliphatic carboxylic acids is 1. The van der Waals surface area contributed by atoms with Crippen LogP contribution in [0.1, 0.15) is 47.2 Å². The van der Waals surface area contributed by atoms with Crippen LogP contribution < -0.4 is 15.5 Å². The second-order valence-corrected chi connectivity index (χ2v) is 9.56. The number of benzene rings is 3. The Bertz CT molecular complexity index is 1460. The van der Waals surface area contributed by atoms with E-state index in [1.54, 1.807) is 18.2 Å². The van der Waals surface area contributed by atoms with Crippen molar-refractivity contribution in [3.8, 4) is 0 Å². The number of nitro groups is 1. The first kappa shape index (κ1) is 28.9. The molecule has 3 amide bonds. The lowest BCUT2D eigenvalue weighted by Crippen LogP contribution is -2.35. The van der Waals surface area contributed by atoms with E-state index in [0.29, 0.717) is 11.3 Å². The number of urea groups is 1. The fourth-order valence-corrected chi connectivity index (χ4v) is 4.44. The van der Waals surface area contributed by atoms with Gasteiger partial charge in [-0.2, -0.15) is 0 Å². The maximum Gasteiger partial charge on any atom is 0.340 e. The van der Waals surface area contributed by atoms with Crippen LogP contribution in [0.15, 0.2) is 78.9 Å². The summed E-state index contributed by atoms with van der Waals surface area (Å²) in [5.74, 6) is -2.29. The van der Waals surface area contributed by atoms with Gasteiger partial charge < -0.3 is 15.7 Å². The molecule has 0 saturated carbocycles. The highest BCUT2D eigenvalue weighted by molar-refractivity contribution is 6.02. The van der Waals surface area contributed by atoms with E-state index in [0.717, 1.165) is 24.8 Å². The zero-order chi connectivity index (χ0) is 29.4. The van der Waals surface area contributed by atoms with Gasteiger partial charge in [0.05, 0.1) is 18.0 Å². The van der Waals surface area contributed by atoms with Gasteiger partial charge >= 0.3 is 12.0 Å². The van der Waals surface area contributed by atoms with Crippen LogP contribution in [0.4, 0.5) is 26.2 Å². The second-order valence-electron chi connectivity index (χ2n) is 9.56. The summed E-state index contributed by atoms with van der Waals surface area (Å²) < 4.78 is 13.3. The highest BCUT2D eigenvalue weighted by atomic mass is 19.1. The van der Waals surface area contributed by atoms with Crippen molar-refractivity contribution < 1.29 is 28.8 Å². The lowest BCUT2D eigenvalue weighted by Gasteiger charge is -2.24. The number of hydrogen-bond donors (Lipinski definition) is 3. The maximum atomic E-state index is 13.5. The minimum Gasteiger partial charge on any atom is -0.479 e. The summed E-state index contributed by atoms with van der Waals surface area (Å²) in [6, 6.07) is 19.0. The molecule has 3 aromatic carbocycles. The third-order valence-corrected chi connectivity index (χ3v) is 6.66. The molecule has 0 aliphatic heterocycles. The molecule has 0 aromatic heterocycles. The molecule has 0 fully saturated rings. The molecule has 3 N–H and O–H groups in total. The number of carbonyl (C=O) groups is 3. The molecule has 212 valence electrons. The molecule has 0 heterocycles. The number of alkyl halides is 1. The molecule has 0 saturated heterocycles. The van der Waals surface area contributed by atoms with Crippen LogP contribution in [0.3, 0.4) is 0 Å². The lowest BCUT2D eigenvalue weighted by molar-refractivity contribution is -0.384. The maximum absolute atomic E-state index is 13.5. The van der Waals surface area contributed by atoms with Crippen LogP contribution >= 0.6 is 0 Å². The fourth-order valence-electron chi connectivity index (χ4n) is 4.44. The van der Waals surface area contributed by atoms with Crippen LogP contribution in [0, 0.1) is 10.1 Å². The average Bonchev–Trinajstić information content (AvgIpc) is 2.99. The number of hydrogen-bond acceptors (Lipinski definition) is 5. The van der Waals surface area contributed by atoms with Crippen LogP contribution in [0.25, 0.3) is 5.57 Å². The second kappa shape index (κ2) is 13.3. The van der Waals surface area contributed by atoms with Crippen molar-refractivity contribution in [3.05, 3.63) is 106 Å². The van der Waals surface area contributed by atoms with Gasteiger partial charge in [0.25, 0.3) is 11.6 Å². The van der Waals surface area contributed by atoms with E-state index in [-0.39, 0.29) is 23.5 Å². The number of nitrogens with zero attached hydrogens (tertiary/aromatic N) is 2. The molecule has 1 aliphatic rings. The van der Waals surface area contributed by atoms with Crippen LogP contribution in [-0.4, -0.2) is 40.7 Å². The molecule has 11 heteroatoms. The number of nitro benzene ring substituents is 1. The van der Waals surface area contributed by atoms with E-state index in [4.69, 9.17) is 5.11 Å². The van der Waals surface area contributed by atoms with Crippen molar-refractivity contribution in [2.24, 2.45) is 0 Å². The van der Waals surface area contributed by atoms with E-state index in [2.05, 4.69) is 16.7 Å². The van der Waals surface area contributed by atoms with E-state index in [1.165, 1.54) is 47.2 Å². The number of rotatable bonds is 10. The van der Waals surface area contributed by atoms with Gasteiger partial charge in [0.15, 0.2) is 0 Å². The van der Waals surface area contributed by atoms with Crippen molar-refractivity contribution in [2.75, 3.05) is 16.8 Å².